The second-order valence-corrected chi connectivity index (χ2v) is 22.1. The third-order valence-electron chi connectivity index (χ3n) is 14.2. The molecule has 0 fully saturated rings. The SMILES string of the molecule is CCCCCCC(=O)OC1CCC(OC(=O)OCCCCC)c2ccc(C=Cc3ccc4c(c3)sc3c5ccc(C=Cc6ccc7c(c6)C(OC(=O)OCCCCC)CCC7OC(=O)OCCCCC)cc5sc43)cc21. The molecule has 0 spiro atoms. The highest BCUT2D eigenvalue weighted by atomic mass is 32.1. The Morgan fingerprint density at radius 1 is 0.421 bits per heavy atom. The van der Waals surface area contributed by atoms with Crippen molar-refractivity contribution < 1.29 is 52.3 Å². The van der Waals surface area contributed by atoms with Gasteiger partial charge in [-0.1, -0.05) is 158 Å². The number of benzene rings is 4. The average Bonchev–Trinajstić information content (AvgIpc) is 4.01. The van der Waals surface area contributed by atoms with Crippen molar-refractivity contribution in [1.82, 2.24) is 0 Å². The van der Waals surface area contributed by atoms with Gasteiger partial charge in [-0.25, -0.2) is 14.4 Å². The van der Waals surface area contributed by atoms with E-state index < -0.39 is 42.9 Å². The van der Waals surface area contributed by atoms with Gasteiger partial charge in [0.2, 0.25) is 0 Å². The fourth-order valence-corrected chi connectivity index (χ4v) is 12.8. The zero-order valence-electron chi connectivity index (χ0n) is 44.7. The van der Waals surface area contributed by atoms with Gasteiger partial charge in [-0.2, -0.15) is 0 Å². The molecule has 404 valence electrons. The molecule has 8 rings (SSSR count). The van der Waals surface area contributed by atoms with E-state index in [1.807, 2.05) is 30.3 Å². The van der Waals surface area contributed by atoms with Crippen molar-refractivity contribution >= 4 is 101 Å². The Hall–Kier alpha value is -6.18. The molecule has 4 unspecified atom stereocenters. The summed E-state index contributed by atoms with van der Waals surface area (Å²) in [5.74, 6) is -0.194. The molecule has 2 aliphatic rings. The highest BCUT2D eigenvalue weighted by Crippen LogP contribution is 2.46. The van der Waals surface area contributed by atoms with Gasteiger partial charge in [0.05, 0.1) is 29.2 Å². The quantitative estimate of drug-likeness (QED) is 0.0235. The lowest BCUT2D eigenvalue weighted by atomic mass is 9.86. The first-order chi connectivity index (χ1) is 37.1. The summed E-state index contributed by atoms with van der Waals surface area (Å²) in [5.41, 5.74) is 7.32. The zero-order chi connectivity index (χ0) is 53.2. The molecular weight excluding hydrogens is 997 g/mol. The van der Waals surface area contributed by atoms with Crippen LogP contribution in [0.5, 0.6) is 0 Å². The van der Waals surface area contributed by atoms with Crippen LogP contribution in [0, 0.1) is 0 Å². The van der Waals surface area contributed by atoms with Crippen LogP contribution < -0.4 is 0 Å². The maximum Gasteiger partial charge on any atom is 0.508 e. The number of hydrogen-bond acceptors (Lipinski definition) is 13. The van der Waals surface area contributed by atoms with Crippen LogP contribution in [-0.2, 0) is 38.0 Å². The molecule has 4 atom stereocenters. The largest absolute Gasteiger partial charge is 0.508 e. The summed E-state index contributed by atoms with van der Waals surface area (Å²) < 4.78 is 44.8. The van der Waals surface area contributed by atoms with Gasteiger partial charge in [0.1, 0.15) is 24.4 Å². The first-order valence-electron chi connectivity index (χ1n) is 27.9. The number of carbonyl (C=O) groups is 4. The van der Waals surface area contributed by atoms with Crippen LogP contribution in [0.25, 0.3) is 53.9 Å². The molecule has 76 heavy (non-hydrogen) atoms. The van der Waals surface area contributed by atoms with Gasteiger partial charge < -0.3 is 33.2 Å². The Morgan fingerprint density at radius 3 is 1.18 bits per heavy atom. The summed E-state index contributed by atoms with van der Waals surface area (Å²) in [7, 11) is 0. The summed E-state index contributed by atoms with van der Waals surface area (Å²) in [6, 6.07) is 25.2. The molecule has 0 saturated carbocycles. The number of unbranched alkanes of at least 4 members (excludes halogenated alkanes) is 9. The van der Waals surface area contributed by atoms with Crippen LogP contribution in [0.1, 0.15) is 212 Å². The van der Waals surface area contributed by atoms with Crippen molar-refractivity contribution in [1.29, 1.82) is 0 Å². The van der Waals surface area contributed by atoms with E-state index in [0.717, 1.165) is 128 Å². The number of carbonyl (C=O) groups excluding carboxylic acids is 4. The minimum Gasteiger partial charge on any atom is -0.457 e. The molecule has 6 aromatic rings. The third-order valence-corrected chi connectivity index (χ3v) is 16.7. The average molecular weight is 1070 g/mol. The topological polar surface area (TPSA) is 133 Å². The number of rotatable bonds is 25. The van der Waals surface area contributed by atoms with Crippen LogP contribution in [0.3, 0.4) is 0 Å². The highest BCUT2D eigenvalue weighted by Gasteiger charge is 2.34. The minimum absolute atomic E-state index is 0.194. The Labute approximate surface area is 455 Å². The van der Waals surface area contributed by atoms with E-state index >= 15 is 0 Å². The van der Waals surface area contributed by atoms with Crippen molar-refractivity contribution in [2.75, 3.05) is 19.8 Å². The van der Waals surface area contributed by atoms with E-state index in [4.69, 9.17) is 33.2 Å². The smallest absolute Gasteiger partial charge is 0.457 e. The molecule has 2 aliphatic carbocycles. The fraction of sp³-hybridized carbons (Fsp3) is 0.460. The van der Waals surface area contributed by atoms with Gasteiger partial charge in [0.25, 0.3) is 0 Å². The van der Waals surface area contributed by atoms with E-state index in [9.17, 15) is 19.2 Å². The number of thiophene rings is 2. The molecule has 0 amide bonds. The summed E-state index contributed by atoms with van der Waals surface area (Å²) in [4.78, 5) is 51.2. The van der Waals surface area contributed by atoms with Gasteiger partial charge in [0.15, 0.2) is 0 Å². The van der Waals surface area contributed by atoms with Gasteiger partial charge in [-0.05, 0) is 115 Å². The monoisotopic (exact) mass is 1070 g/mol. The molecule has 0 aliphatic heterocycles. The summed E-state index contributed by atoms with van der Waals surface area (Å²) in [6.07, 6.45) is 19.2. The Balaban J connectivity index is 0.968. The van der Waals surface area contributed by atoms with Gasteiger partial charge in [-0.3, -0.25) is 4.79 Å². The number of fused-ring (bicyclic) bond motifs is 7. The normalized spacial score (nSPS) is 17.2. The third kappa shape index (κ3) is 15.1. The fourth-order valence-electron chi connectivity index (χ4n) is 10.0. The maximum absolute atomic E-state index is 13.0. The zero-order valence-corrected chi connectivity index (χ0v) is 46.3. The highest BCUT2D eigenvalue weighted by molar-refractivity contribution is 7.36. The molecule has 13 heteroatoms. The van der Waals surface area contributed by atoms with E-state index in [1.54, 1.807) is 22.7 Å². The van der Waals surface area contributed by atoms with Crippen molar-refractivity contribution in [2.24, 2.45) is 0 Å². The number of hydrogen-bond donors (Lipinski definition) is 0. The van der Waals surface area contributed by atoms with Crippen molar-refractivity contribution in [2.45, 2.75) is 168 Å². The van der Waals surface area contributed by atoms with E-state index in [-0.39, 0.29) is 5.97 Å². The molecule has 2 aromatic heterocycles. The van der Waals surface area contributed by atoms with E-state index in [1.165, 1.54) is 29.6 Å². The number of esters is 1. The van der Waals surface area contributed by atoms with Crippen molar-refractivity contribution in [3.63, 3.8) is 0 Å². The molecule has 2 heterocycles. The first-order valence-corrected chi connectivity index (χ1v) is 29.5. The minimum atomic E-state index is -0.691. The molecule has 0 saturated heterocycles. The molecule has 0 radical (unpaired) electrons. The molecular formula is C63H74O11S2. The lowest BCUT2D eigenvalue weighted by Gasteiger charge is -2.31. The van der Waals surface area contributed by atoms with Gasteiger partial charge in [-0.15, -0.1) is 22.7 Å². The number of ether oxygens (including phenoxy) is 7. The van der Waals surface area contributed by atoms with Crippen LogP contribution >= 0.6 is 22.7 Å². The standard InChI is InChI=1S/C63H74O11S2/c1-5-9-13-14-18-58(64)71-54-33-31-52(72-61(65)68-35-15-10-6-2)46-27-23-42(38-50(46)54)19-21-44-25-29-48-56(40-44)75-60-49-30-26-45(41-57(49)76-59(48)60)22-20-43-24-28-47-51(39-43)55(74-63(67)70-37-17-12-8-4)34-32-53(47)73-62(66)69-36-16-11-7-3/h19-30,38-41,52-55H,5-18,31-37H2,1-4H3. The Bertz CT molecular complexity index is 2780. The molecule has 0 N–H and O–H groups in total. The van der Waals surface area contributed by atoms with Crippen LogP contribution in [0.15, 0.2) is 72.8 Å². The summed E-state index contributed by atoms with van der Waals surface area (Å²) >= 11 is 3.60. The predicted molar refractivity (Wildman–Crippen MR) is 306 cm³/mol. The maximum atomic E-state index is 13.0. The van der Waals surface area contributed by atoms with E-state index in [2.05, 4.69) is 94.5 Å². The second kappa shape index (κ2) is 28.3. The van der Waals surface area contributed by atoms with Gasteiger partial charge >= 0.3 is 24.4 Å². The van der Waals surface area contributed by atoms with Crippen molar-refractivity contribution in [3.8, 4) is 0 Å². The Morgan fingerprint density at radius 2 is 0.776 bits per heavy atom. The van der Waals surface area contributed by atoms with Crippen LogP contribution in [-0.4, -0.2) is 44.3 Å². The predicted octanol–water partition coefficient (Wildman–Crippen LogP) is 18.9. The Kier molecular flexibility index (Phi) is 20.8. The summed E-state index contributed by atoms with van der Waals surface area (Å²) in [5, 5.41) is 2.44. The lowest BCUT2D eigenvalue weighted by molar-refractivity contribution is -0.151. The molecule has 0 bridgehead atoms. The first kappa shape index (κ1) is 56.0. The summed E-state index contributed by atoms with van der Waals surface area (Å²) in [6.45, 7) is 9.42. The van der Waals surface area contributed by atoms with Crippen molar-refractivity contribution in [3.05, 3.63) is 117 Å². The second-order valence-electron chi connectivity index (χ2n) is 20.0. The molecule has 4 aromatic carbocycles. The van der Waals surface area contributed by atoms with Gasteiger partial charge in [0, 0.05) is 32.2 Å². The van der Waals surface area contributed by atoms with Crippen LogP contribution in [0.4, 0.5) is 14.4 Å². The van der Waals surface area contributed by atoms with Crippen LogP contribution in [0.2, 0.25) is 0 Å². The molecule has 11 nitrogen and oxygen atoms in total. The van der Waals surface area contributed by atoms with E-state index in [0.29, 0.717) is 51.9 Å². The lowest BCUT2D eigenvalue weighted by Crippen LogP contribution is -2.23.